The predicted octanol–water partition coefficient (Wildman–Crippen LogP) is 4.26. The van der Waals surface area contributed by atoms with Crippen molar-refractivity contribution < 1.29 is 14.3 Å². The quantitative estimate of drug-likeness (QED) is 0.826. The molecule has 1 amide bonds. The van der Waals surface area contributed by atoms with Crippen molar-refractivity contribution in [3.05, 3.63) is 63.5 Å². The fourth-order valence-electron chi connectivity index (χ4n) is 2.38. The number of benzene rings is 2. The molecule has 0 radical (unpaired) electrons. The first-order valence-corrected chi connectivity index (χ1v) is 8.53. The van der Waals surface area contributed by atoms with Crippen LogP contribution in [0.2, 0.25) is 5.02 Å². The third-order valence-electron chi connectivity index (χ3n) is 3.61. The third-order valence-corrected chi connectivity index (χ3v) is 5.04. The van der Waals surface area contributed by atoms with Gasteiger partial charge >= 0.3 is 0 Å². The van der Waals surface area contributed by atoms with E-state index in [1.807, 2.05) is 36.4 Å². The molecular formula is C18H16ClNO3S. The molecule has 24 heavy (non-hydrogen) atoms. The third kappa shape index (κ3) is 3.52. The molecule has 0 unspecified atom stereocenters. The van der Waals surface area contributed by atoms with Crippen molar-refractivity contribution in [2.75, 3.05) is 14.2 Å². The Morgan fingerprint density at radius 1 is 1.08 bits per heavy atom. The van der Waals surface area contributed by atoms with Crippen LogP contribution in [0, 0.1) is 0 Å². The molecule has 0 aromatic heterocycles. The van der Waals surface area contributed by atoms with Gasteiger partial charge in [-0.25, -0.2) is 0 Å². The van der Waals surface area contributed by atoms with Gasteiger partial charge in [0.25, 0.3) is 5.91 Å². The van der Waals surface area contributed by atoms with Crippen LogP contribution >= 0.6 is 23.4 Å². The first-order chi connectivity index (χ1) is 11.6. The van der Waals surface area contributed by atoms with Gasteiger partial charge in [0.1, 0.15) is 5.37 Å². The number of halogens is 1. The van der Waals surface area contributed by atoms with Crippen LogP contribution < -0.4 is 14.8 Å². The lowest BCUT2D eigenvalue weighted by Crippen LogP contribution is -2.18. The molecule has 0 saturated carbocycles. The molecule has 1 aliphatic rings. The number of amides is 1. The molecule has 3 rings (SSSR count). The Labute approximate surface area is 149 Å². The Bertz CT molecular complexity index is 789. The zero-order valence-electron chi connectivity index (χ0n) is 13.2. The number of carbonyl (C=O) groups is 1. The molecule has 2 aromatic carbocycles. The second kappa shape index (κ2) is 7.20. The number of nitrogens with one attached hydrogen (secondary N) is 1. The molecular weight excluding hydrogens is 346 g/mol. The molecule has 4 nitrogen and oxygen atoms in total. The second-order valence-electron chi connectivity index (χ2n) is 5.15. The fraction of sp³-hybridized carbons (Fsp3) is 0.167. The Hall–Kier alpha value is -2.11. The second-order valence-corrected chi connectivity index (χ2v) is 6.73. The van der Waals surface area contributed by atoms with Crippen LogP contribution in [-0.4, -0.2) is 20.1 Å². The number of hydrogen-bond donors (Lipinski definition) is 1. The molecule has 0 bridgehead atoms. The van der Waals surface area contributed by atoms with Gasteiger partial charge in [0.05, 0.1) is 19.1 Å². The highest BCUT2D eigenvalue weighted by Gasteiger charge is 2.29. The monoisotopic (exact) mass is 361 g/mol. The number of ether oxygens (including phenoxy) is 2. The lowest BCUT2D eigenvalue weighted by atomic mass is 10.2. The number of methoxy groups -OCH3 is 2. The maximum Gasteiger partial charge on any atom is 0.258 e. The summed E-state index contributed by atoms with van der Waals surface area (Å²) < 4.78 is 10.6. The van der Waals surface area contributed by atoms with Crippen molar-refractivity contribution >= 4 is 35.3 Å². The Morgan fingerprint density at radius 3 is 2.46 bits per heavy atom. The van der Waals surface area contributed by atoms with Crippen LogP contribution in [-0.2, 0) is 4.79 Å². The van der Waals surface area contributed by atoms with Gasteiger partial charge in [0.15, 0.2) is 11.5 Å². The van der Waals surface area contributed by atoms with Gasteiger partial charge < -0.3 is 14.8 Å². The molecule has 0 aliphatic carbocycles. The largest absolute Gasteiger partial charge is 0.493 e. The summed E-state index contributed by atoms with van der Waals surface area (Å²) >= 11 is 7.36. The van der Waals surface area contributed by atoms with E-state index in [0.29, 0.717) is 21.4 Å². The summed E-state index contributed by atoms with van der Waals surface area (Å²) in [5.41, 5.74) is 1.88. The van der Waals surface area contributed by atoms with Crippen LogP contribution in [0.25, 0.3) is 6.08 Å². The molecule has 124 valence electrons. The van der Waals surface area contributed by atoms with Crippen molar-refractivity contribution in [1.82, 2.24) is 5.32 Å². The SMILES string of the molecule is COc1ccc([C@@H]2NC(=O)/C(=C/c3ccc(Cl)cc3)S2)cc1OC. The molecule has 1 heterocycles. The van der Waals surface area contributed by atoms with E-state index in [4.69, 9.17) is 21.1 Å². The summed E-state index contributed by atoms with van der Waals surface area (Å²) in [6, 6.07) is 13.0. The molecule has 1 atom stereocenters. The van der Waals surface area contributed by atoms with Crippen LogP contribution in [0.5, 0.6) is 11.5 Å². The number of rotatable bonds is 4. The van der Waals surface area contributed by atoms with Gasteiger partial charge in [-0.3, -0.25) is 4.79 Å². The van der Waals surface area contributed by atoms with E-state index in [1.54, 1.807) is 26.4 Å². The van der Waals surface area contributed by atoms with Crippen molar-refractivity contribution in [2.24, 2.45) is 0 Å². The zero-order chi connectivity index (χ0) is 17.1. The lowest BCUT2D eigenvalue weighted by molar-refractivity contribution is -0.116. The van der Waals surface area contributed by atoms with Crippen molar-refractivity contribution in [1.29, 1.82) is 0 Å². The van der Waals surface area contributed by atoms with Gasteiger partial charge in [-0.1, -0.05) is 41.6 Å². The summed E-state index contributed by atoms with van der Waals surface area (Å²) in [5, 5.41) is 3.49. The van der Waals surface area contributed by atoms with Crippen molar-refractivity contribution in [3.8, 4) is 11.5 Å². The van der Waals surface area contributed by atoms with Crippen molar-refractivity contribution in [3.63, 3.8) is 0 Å². The highest BCUT2D eigenvalue weighted by Crippen LogP contribution is 2.41. The molecule has 1 fully saturated rings. The Kier molecular flexibility index (Phi) is 5.02. The molecule has 1 aliphatic heterocycles. The first-order valence-electron chi connectivity index (χ1n) is 7.27. The Balaban J connectivity index is 1.83. The van der Waals surface area contributed by atoms with Crippen LogP contribution in [0.4, 0.5) is 0 Å². The standard InChI is InChI=1S/C18H16ClNO3S/c1-22-14-8-5-12(10-15(14)23-2)18-20-17(21)16(24-18)9-11-3-6-13(19)7-4-11/h3-10,18H,1-2H3,(H,20,21)/b16-9-/t18-/m1/s1. The summed E-state index contributed by atoms with van der Waals surface area (Å²) in [4.78, 5) is 12.9. The average molecular weight is 362 g/mol. The minimum atomic E-state index is -0.157. The topological polar surface area (TPSA) is 47.6 Å². The van der Waals surface area contributed by atoms with E-state index in [2.05, 4.69) is 5.32 Å². The van der Waals surface area contributed by atoms with E-state index in [0.717, 1.165) is 11.1 Å². The van der Waals surface area contributed by atoms with Gasteiger partial charge in [-0.2, -0.15) is 0 Å². The Morgan fingerprint density at radius 2 is 1.79 bits per heavy atom. The smallest absolute Gasteiger partial charge is 0.258 e. The summed E-state index contributed by atoms with van der Waals surface area (Å²) in [6.07, 6.45) is 1.86. The average Bonchev–Trinajstić information content (AvgIpc) is 2.97. The van der Waals surface area contributed by atoms with Crippen LogP contribution in [0.1, 0.15) is 16.5 Å². The van der Waals surface area contributed by atoms with E-state index in [-0.39, 0.29) is 11.3 Å². The number of hydrogen-bond acceptors (Lipinski definition) is 4. The van der Waals surface area contributed by atoms with E-state index >= 15 is 0 Å². The van der Waals surface area contributed by atoms with E-state index < -0.39 is 0 Å². The highest BCUT2D eigenvalue weighted by atomic mass is 35.5. The first kappa shape index (κ1) is 16.7. The predicted molar refractivity (Wildman–Crippen MR) is 97.4 cm³/mol. The van der Waals surface area contributed by atoms with Gasteiger partial charge in [-0.05, 0) is 41.5 Å². The van der Waals surface area contributed by atoms with E-state index in [1.165, 1.54) is 11.8 Å². The minimum absolute atomic E-state index is 0.0882. The van der Waals surface area contributed by atoms with Crippen molar-refractivity contribution in [2.45, 2.75) is 5.37 Å². The summed E-state index contributed by atoms with van der Waals surface area (Å²) in [5.74, 6) is 1.21. The van der Waals surface area contributed by atoms with Gasteiger partial charge in [-0.15, -0.1) is 0 Å². The highest BCUT2D eigenvalue weighted by molar-refractivity contribution is 8.04. The van der Waals surface area contributed by atoms with Gasteiger partial charge in [0, 0.05) is 5.02 Å². The summed E-state index contributed by atoms with van der Waals surface area (Å²) in [6.45, 7) is 0. The maximum absolute atomic E-state index is 12.2. The molecule has 1 saturated heterocycles. The van der Waals surface area contributed by atoms with Crippen LogP contribution in [0.3, 0.4) is 0 Å². The minimum Gasteiger partial charge on any atom is -0.493 e. The number of carbonyl (C=O) groups excluding carboxylic acids is 1. The summed E-state index contributed by atoms with van der Waals surface area (Å²) in [7, 11) is 3.18. The normalized spacial score (nSPS) is 18.5. The molecule has 6 heteroatoms. The lowest BCUT2D eigenvalue weighted by Gasteiger charge is -2.13. The molecule has 0 spiro atoms. The van der Waals surface area contributed by atoms with Gasteiger partial charge in [0.2, 0.25) is 0 Å². The molecule has 2 aromatic rings. The fourth-order valence-corrected chi connectivity index (χ4v) is 3.58. The maximum atomic E-state index is 12.2. The van der Waals surface area contributed by atoms with Crippen LogP contribution in [0.15, 0.2) is 47.4 Å². The van der Waals surface area contributed by atoms with E-state index in [9.17, 15) is 4.79 Å². The molecule has 1 N–H and O–H groups in total. The number of thioether (sulfide) groups is 1. The zero-order valence-corrected chi connectivity index (χ0v) is 14.8.